The molecule has 3 rings (SSSR count). The Kier molecular flexibility index (Phi) is 4.95. The number of methoxy groups -OCH3 is 1. The van der Waals surface area contributed by atoms with Crippen LogP contribution in [0.1, 0.15) is 13.0 Å². The molecule has 7 nitrogen and oxygen atoms in total. The van der Waals surface area contributed by atoms with Crippen molar-refractivity contribution in [1.29, 1.82) is 0 Å². The molecule has 3 aromatic rings. The highest BCUT2D eigenvalue weighted by Gasteiger charge is 2.19. The summed E-state index contributed by atoms with van der Waals surface area (Å²) in [5, 5.41) is 15.6. The van der Waals surface area contributed by atoms with Crippen molar-refractivity contribution in [3.63, 3.8) is 0 Å². The normalized spacial score (nSPS) is 11.8. The van der Waals surface area contributed by atoms with Crippen LogP contribution in [-0.4, -0.2) is 33.2 Å². The lowest BCUT2D eigenvalue weighted by Gasteiger charge is -2.10. The van der Waals surface area contributed by atoms with Crippen molar-refractivity contribution in [2.45, 2.75) is 13.0 Å². The molecule has 1 amide bonds. The standard InChI is InChI=1S/C17H16ClN5O2/c1-11(17(24)19-14-7-4-6-13(18)10-14)23-21-16(20-22-23)12-5-3-8-15(9-12)25-2/h3-11H,1-2H3,(H,19,24)/t11-/m0/s1. The van der Waals surface area contributed by atoms with Gasteiger partial charge < -0.3 is 10.1 Å². The van der Waals surface area contributed by atoms with Gasteiger partial charge in [0.05, 0.1) is 7.11 Å². The highest BCUT2D eigenvalue weighted by molar-refractivity contribution is 6.30. The Bertz CT molecular complexity index is 896. The van der Waals surface area contributed by atoms with E-state index in [0.717, 1.165) is 5.56 Å². The molecule has 0 aliphatic carbocycles. The number of halogens is 1. The third kappa shape index (κ3) is 3.95. The molecule has 2 aromatic carbocycles. The number of carbonyl (C=O) groups is 1. The summed E-state index contributed by atoms with van der Waals surface area (Å²) in [5.74, 6) is 0.846. The lowest BCUT2D eigenvalue weighted by atomic mass is 10.2. The number of nitrogens with zero attached hydrogens (tertiary/aromatic N) is 4. The van der Waals surface area contributed by atoms with Gasteiger partial charge in [-0.3, -0.25) is 4.79 Å². The molecule has 25 heavy (non-hydrogen) atoms. The van der Waals surface area contributed by atoms with E-state index in [0.29, 0.717) is 22.3 Å². The van der Waals surface area contributed by atoms with Gasteiger partial charge in [0.25, 0.3) is 5.91 Å². The van der Waals surface area contributed by atoms with Gasteiger partial charge in [-0.1, -0.05) is 29.8 Å². The van der Waals surface area contributed by atoms with Gasteiger partial charge in [-0.25, -0.2) is 0 Å². The molecule has 1 N–H and O–H groups in total. The Morgan fingerprint density at radius 3 is 2.80 bits per heavy atom. The molecular weight excluding hydrogens is 342 g/mol. The Hall–Kier alpha value is -2.93. The van der Waals surface area contributed by atoms with Crippen LogP contribution in [-0.2, 0) is 4.79 Å². The van der Waals surface area contributed by atoms with E-state index in [1.54, 1.807) is 44.4 Å². The Morgan fingerprint density at radius 2 is 2.04 bits per heavy atom. The van der Waals surface area contributed by atoms with E-state index < -0.39 is 6.04 Å². The fraction of sp³-hybridized carbons (Fsp3) is 0.176. The van der Waals surface area contributed by atoms with Crippen molar-refractivity contribution in [2.75, 3.05) is 12.4 Å². The summed E-state index contributed by atoms with van der Waals surface area (Å²) in [6, 6.07) is 13.6. The molecule has 0 unspecified atom stereocenters. The number of amides is 1. The molecule has 0 saturated heterocycles. The minimum Gasteiger partial charge on any atom is -0.497 e. The van der Waals surface area contributed by atoms with Crippen molar-refractivity contribution < 1.29 is 9.53 Å². The molecule has 8 heteroatoms. The van der Waals surface area contributed by atoms with Gasteiger partial charge in [0.2, 0.25) is 5.82 Å². The third-order valence-corrected chi connectivity index (χ3v) is 3.81. The Balaban J connectivity index is 1.75. The molecule has 1 aromatic heterocycles. The fourth-order valence-corrected chi connectivity index (χ4v) is 2.38. The molecular formula is C17H16ClN5O2. The Labute approximate surface area is 149 Å². The second kappa shape index (κ2) is 7.31. The van der Waals surface area contributed by atoms with E-state index >= 15 is 0 Å². The summed E-state index contributed by atoms with van der Waals surface area (Å²) in [5.41, 5.74) is 1.37. The summed E-state index contributed by atoms with van der Waals surface area (Å²) in [6.07, 6.45) is 0. The number of carbonyl (C=O) groups excluding carboxylic acids is 1. The summed E-state index contributed by atoms with van der Waals surface area (Å²) >= 11 is 5.92. The van der Waals surface area contributed by atoms with Gasteiger partial charge in [0.1, 0.15) is 11.8 Å². The summed E-state index contributed by atoms with van der Waals surface area (Å²) in [4.78, 5) is 13.6. The lowest BCUT2D eigenvalue weighted by Crippen LogP contribution is -2.25. The number of hydrogen-bond acceptors (Lipinski definition) is 5. The van der Waals surface area contributed by atoms with Gasteiger partial charge in [-0.15, -0.1) is 10.2 Å². The first-order valence-electron chi connectivity index (χ1n) is 7.57. The van der Waals surface area contributed by atoms with E-state index in [-0.39, 0.29) is 5.91 Å². The first kappa shape index (κ1) is 16.9. The molecule has 0 saturated carbocycles. The van der Waals surface area contributed by atoms with Crippen LogP contribution in [0, 0.1) is 0 Å². The van der Waals surface area contributed by atoms with Crippen LogP contribution in [0.4, 0.5) is 5.69 Å². The molecule has 0 spiro atoms. The van der Waals surface area contributed by atoms with Gasteiger partial charge in [-0.05, 0) is 42.5 Å². The van der Waals surface area contributed by atoms with Gasteiger partial charge in [0.15, 0.2) is 0 Å². The Morgan fingerprint density at radius 1 is 1.24 bits per heavy atom. The van der Waals surface area contributed by atoms with E-state index in [1.165, 1.54) is 4.80 Å². The molecule has 1 heterocycles. The lowest BCUT2D eigenvalue weighted by molar-refractivity contribution is -0.119. The molecule has 0 bridgehead atoms. The van der Waals surface area contributed by atoms with Gasteiger partial charge in [-0.2, -0.15) is 4.80 Å². The van der Waals surface area contributed by atoms with Crippen LogP contribution in [0.3, 0.4) is 0 Å². The highest BCUT2D eigenvalue weighted by Crippen LogP contribution is 2.21. The van der Waals surface area contributed by atoms with E-state index in [2.05, 4.69) is 20.7 Å². The number of anilines is 1. The van der Waals surface area contributed by atoms with Crippen LogP contribution in [0.5, 0.6) is 5.75 Å². The van der Waals surface area contributed by atoms with Crippen molar-refractivity contribution in [1.82, 2.24) is 20.2 Å². The zero-order valence-electron chi connectivity index (χ0n) is 13.7. The molecule has 0 fully saturated rings. The summed E-state index contributed by atoms with van der Waals surface area (Å²) < 4.78 is 5.19. The number of hydrogen-bond donors (Lipinski definition) is 1. The monoisotopic (exact) mass is 357 g/mol. The number of nitrogens with one attached hydrogen (secondary N) is 1. The average Bonchev–Trinajstić information content (AvgIpc) is 3.11. The average molecular weight is 358 g/mol. The second-order valence-corrected chi connectivity index (χ2v) is 5.78. The molecule has 0 aliphatic rings. The van der Waals surface area contributed by atoms with Gasteiger partial charge in [0, 0.05) is 16.3 Å². The topological polar surface area (TPSA) is 81.9 Å². The minimum atomic E-state index is -0.633. The maximum atomic E-state index is 12.4. The second-order valence-electron chi connectivity index (χ2n) is 5.34. The molecule has 0 aliphatic heterocycles. The quantitative estimate of drug-likeness (QED) is 0.758. The highest BCUT2D eigenvalue weighted by atomic mass is 35.5. The van der Waals surface area contributed by atoms with Gasteiger partial charge >= 0.3 is 0 Å². The predicted octanol–water partition coefficient (Wildman–Crippen LogP) is 3.20. The fourth-order valence-electron chi connectivity index (χ4n) is 2.18. The number of aromatic nitrogens is 4. The predicted molar refractivity (Wildman–Crippen MR) is 94.6 cm³/mol. The van der Waals surface area contributed by atoms with Crippen LogP contribution in [0.25, 0.3) is 11.4 Å². The molecule has 1 atom stereocenters. The molecule has 0 radical (unpaired) electrons. The van der Waals surface area contributed by atoms with Crippen molar-refractivity contribution in [3.05, 3.63) is 53.6 Å². The number of tetrazole rings is 1. The SMILES string of the molecule is COc1cccc(-c2nnn([C@@H](C)C(=O)Nc3cccc(Cl)c3)n2)c1. The van der Waals surface area contributed by atoms with E-state index in [1.807, 2.05) is 18.2 Å². The maximum Gasteiger partial charge on any atom is 0.250 e. The zero-order chi connectivity index (χ0) is 17.8. The van der Waals surface area contributed by atoms with Crippen LogP contribution >= 0.6 is 11.6 Å². The van der Waals surface area contributed by atoms with Crippen LogP contribution in [0.2, 0.25) is 5.02 Å². The van der Waals surface area contributed by atoms with E-state index in [9.17, 15) is 4.79 Å². The van der Waals surface area contributed by atoms with Crippen molar-refractivity contribution in [3.8, 4) is 17.1 Å². The first-order chi connectivity index (χ1) is 12.1. The zero-order valence-corrected chi connectivity index (χ0v) is 14.4. The number of ether oxygens (including phenoxy) is 1. The first-order valence-corrected chi connectivity index (χ1v) is 7.95. The largest absolute Gasteiger partial charge is 0.497 e. The van der Waals surface area contributed by atoms with Crippen LogP contribution < -0.4 is 10.1 Å². The number of rotatable bonds is 5. The molecule has 128 valence electrons. The van der Waals surface area contributed by atoms with E-state index in [4.69, 9.17) is 16.3 Å². The smallest absolute Gasteiger partial charge is 0.250 e. The summed E-state index contributed by atoms with van der Waals surface area (Å²) in [6.45, 7) is 1.69. The van der Waals surface area contributed by atoms with Crippen molar-refractivity contribution >= 4 is 23.2 Å². The van der Waals surface area contributed by atoms with Crippen molar-refractivity contribution in [2.24, 2.45) is 0 Å². The number of benzene rings is 2. The minimum absolute atomic E-state index is 0.267. The van der Waals surface area contributed by atoms with Crippen LogP contribution in [0.15, 0.2) is 48.5 Å². The third-order valence-electron chi connectivity index (χ3n) is 3.57. The maximum absolute atomic E-state index is 12.4. The summed E-state index contributed by atoms with van der Waals surface area (Å²) in [7, 11) is 1.59.